The van der Waals surface area contributed by atoms with Crippen molar-refractivity contribution in [2.24, 2.45) is 0 Å². The van der Waals surface area contributed by atoms with Crippen LogP contribution in [0.3, 0.4) is 0 Å². The lowest BCUT2D eigenvalue weighted by molar-refractivity contribution is -0.203. The average Bonchev–Trinajstić information content (AvgIpc) is 2.30. The normalized spacial score (nSPS) is 26.7. The van der Waals surface area contributed by atoms with E-state index in [1.165, 1.54) is 12.1 Å². The Morgan fingerprint density at radius 1 is 1.06 bits per heavy atom. The van der Waals surface area contributed by atoms with E-state index in [0.717, 1.165) is 0 Å². The third kappa shape index (κ3) is 1.81. The van der Waals surface area contributed by atoms with Gasteiger partial charge in [0.15, 0.2) is 5.54 Å². The van der Waals surface area contributed by atoms with Crippen LogP contribution >= 0.6 is 0 Å². The first-order valence-corrected chi connectivity index (χ1v) is 5.14. The maximum atomic E-state index is 13.2. The molecule has 0 spiro atoms. The highest BCUT2D eigenvalue weighted by Crippen LogP contribution is 2.39. The predicted molar refractivity (Wildman–Crippen MR) is 55.0 cm³/mol. The van der Waals surface area contributed by atoms with Gasteiger partial charge in [0.05, 0.1) is 0 Å². The van der Waals surface area contributed by atoms with Gasteiger partial charge < -0.3 is 5.32 Å². The van der Waals surface area contributed by atoms with Crippen molar-refractivity contribution in [1.82, 2.24) is 10.6 Å². The number of nitrogens with one attached hydrogen (secondary N) is 2. The maximum absolute atomic E-state index is 13.2. The van der Waals surface area contributed by atoms with E-state index in [1.807, 2.05) is 0 Å². The fraction of sp³-hybridized carbons (Fsp3) is 0.455. The van der Waals surface area contributed by atoms with Gasteiger partial charge in [-0.15, -0.1) is 0 Å². The van der Waals surface area contributed by atoms with Crippen LogP contribution in [0, 0.1) is 0 Å². The molecule has 16 heavy (non-hydrogen) atoms. The van der Waals surface area contributed by atoms with Crippen LogP contribution in [0.4, 0.5) is 13.2 Å². The van der Waals surface area contributed by atoms with Gasteiger partial charge >= 0.3 is 6.18 Å². The molecule has 2 nitrogen and oxygen atoms in total. The average molecular weight is 230 g/mol. The third-order valence-electron chi connectivity index (χ3n) is 2.87. The third-order valence-corrected chi connectivity index (χ3v) is 2.87. The minimum absolute atomic E-state index is 0.124. The van der Waals surface area contributed by atoms with E-state index < -0.39 is 11.7 Å². The van der Waals surface area contributed by atoms with Crippen molar-refractivity contribution in [2.45, 2.75) is 11.7 Å². The molecule has 2 N–H and O–H groups in total. The molecule has 0 bridgehead atoms. The molecule has 1 fully saturated rings. The van der Waals surface area contributed by atoms with Crippen molar-refractivity contribution in [2.75, 3.05) is 19.6 Å². The van der Waals surface area contributed by atoms with Crippen LogP contribution < -0.4 is 10.6 Å². The number of rotatable bonds is 1. The van der Waals surface area contributed by atoms with E-state index in [-0.39, 0.29) is 12.1 Å². The fourth-order valence-corrected chi connectivity index (χ4v) is 1.99. The second-order valence-electron chi connectivity index (χ2n) is 3.87. The molecular formula is C11H13F3N2. The van der Waals surface area contributed by atoms with Crippen LogP contribution in [0.2, 0.25) is 0 Å². The van der Waals surface area contributed by atoms with Gasteiger partial charge in [-0.2, -0.15) is 13.2 Å². The standard InChI is InChI=1S/C11H13F3N2/c12-11(13,14)10(8-15-6-7-16-10)9-4-2-1-3-5-9/h1-5,15-16H,6-8H2. The summed E-state index contributed by atoms with van der Waals surface area (Å²) < 4.78 is 39.5. The Bertz CT molecular complexity index is 342. The maximum Gasteiger partial charge on any atom is 0.412 e. The van der Waals surface area contributed by atoms with E-state index >= 15 is 0 Å². The predicted octanol–water partition coefficient (Wildman–Crippen LogP) is 1.64. The number of alkyl halides is 3. The second kappa shape index (κ2) is 4.07. The molecule has 88 valence electrons. The zero-order chi connectivity index (χ0) is 11.6. The Morgan fingerprint density at radius 2 is 1.75 bits per heavy atom. The number of hydrogen-bond donors (Lipinski definition) is 2. The summed E-state index contributed by atoms with van der Waals surface area (Å²) in [6.45, 7) is 0.750. The van der Waals surface area contributed by atoms with Gasteiger partial charge in [-0.1, -0.05) is 30.3 Å². The molecule has 1 aliphatic heterocycles. The van der Waals surface area contributed by atoms with Crippen LogP contribution in [-0.4, -0.2) is 25.8 Å². The van der Waals surface area contributed by atoms with E-state index in [1.54, 1.807) is 18.2 Å². The molecule has 0 aromatic heterocycles. The van der Waals surface area contributed by atoms with Gasteiger partial charge in [-0.05, 0) is 5.56 Å². The minimum Gasteiger partial charge on any atom is -0.313 e. The van der Waals surface area contributed by atoms with Gasteiger partial charge in [0.2, 0.25) is 0 Å². The fourth-order valence-electron chi connectivity index (χ4n) is 1.99. The summed E-state index contributed by atoms with van der Waals surface area (Å²) in [5.41, 5.74) is -1.69. The van der Waals surface area contributed by atoms with Gasteiger partial charge in [0.1, 0.15) is 0 Å². The van der Waals surface area contributed by atoms with E-state index in [2.05, 4.69) is 10.6 Å². The summed E-state index contributed by atoms with van der Waals surface area (Å²) in [6.07, 6.45) is -4.30. The molecule has 1 aromatic rings. The van der Waals surface area contributed by atoms with Gasteiger partial charge in [-0.3, -0.25) is 5.32 Å². The molecule has 1 atom stereocenters. The SMILES string of the molecule is FC(F)(F)C1(c2ccccc2)CNCCN1. The Morgan fingerprint density at radius 3 is 2.25 bits per heavy atom. The summed E-state index contributed by atoms with van der Waals surface area (Å²) in [4.78, 5) is 0. The summed E-state index contributed by atoms with van der Waals surface area (Å²) in [5, 5.41) is 5.40. The van der Waals surface area contributed by atoms with Gasteiger partial charge in [0, 0.05) is 19.6 Å². The summed E-state index contributed by atoms with van der Waals surface area (Å²) in [7, 11) is 0. The van der Waals surface area contributed by atoms with Crippen molar-refractivity contribution in [1.29, 1.82) is 0 Å². The van der Waals surface area contributed by atoms with E-state index in [4.69, 9.17) is 0 Å². The molecule has 2 rings (SSSR count). The molecule has 0 amide bonds. The highest BCUT2D eigenvalue weighted by atomic mass is 19.4. The lowest BCUT2D eigenvalue weighted by atomic mass is 9.87. The van der Waals surface area contributed by atoms with Crippen LogP contribution in [0.1, 0.15) is 5.56 Å². The molecule has 1 unspecified atom stereocenters. The zero-order valence-corrected chi connectivity index (χ0v) is 8.64. The summed E-state index contributed by atoms with van der Waals surface area (Å²) in [6, 6.07) is 7.98. The molecule has 1 aliphatic rings. The first-order valence-electron chi connectivity index (χ1n) is 5.14. The summed E-state index contributed by atoms with van der Waals surface area (Å²) in [5.74, 6) is 0. The van der Waals surface area contributed by atoms with E-state index in [9.17, 15) is 13.2 Å². The Kier molecular flexibility index (Phi) is 2.90. The number of piperazine rings is 1. The highest BCUT2D eigenvalue weighted by Gasteiger charge is 2.56. The smallest absolute Gasteiger partial charge is 0.313 e. The van der Waals surface area contributed by atoms with Crippen molar-refractivity contribution in [3.05, 3.63) is 35.9 Å². The Labute approximate surface area is 91.8 Å². The quantitative estimate of drug-likeness (QED) is 0.766. The van der Waals surface area contributed by atoms with Crippen LogP contribution in [0.15, 0.2) is 30.3 Å². The lowest BCUT2D eigenvalue weighted by Gasteiger charge is -2.40. The Hall–Kier alpha value is -1.07. The largest absolute Gasteiger partial charge is 0.412 e. The molecular weight excluding hydrogens is 217 g/mol. The van der Waals surface area contributed by atoms with E-state index in [0.29, 0.717) is 13.1 Å². The Balaban J connectivity index is 2.42. The minimum atomic E-state index is -4.30. The van der Waals surface area contributed by atoms with Crippen LogP contribution in [-0.2, 0) is 5.54 Å². The molecule has 1 aromatic carbocycles. The number of benzene rings is 1. The van der Waals surface area contributed by atoms with Crippen molar-refractivity contribution >= 4 is 0 Å². The van der Waals surface area contributed by atoms with Gasteiger partial charge in [-0.25, -0.2) is 0 Å². The van der Waals surface area contributed by atoms with Gasteiger partial charge in [0.25, 0.3) is 0 Å². The molecule has 1 saturated heterocycles. The zero-order valence-electron chi connectivity index (χ0n) is 8.64. The second-order valence-corrected chi connectivity index (χ2v) is 3.87. The topological polar surface area (TPSA) is 24.1 Å². The van der Waals surface area contributed by atoms with Crippen LogP contribution in [0.5, 0.6) is 0 Å². The molecule has 0 saturated carbocycles. The van der Waals surface area contributed by atoms with Crippen LogP contribution in [0.25, 0.3) is 0 Å². The van der Waals surface area contributed by atoms with Crippen molar-refractivity contribution < 1.29 is 13.2 Å². The first kappa shape index (κ1) is 11.4. The molecule has 1 heterocycles. The summed E-state index contributed by atoms with van der Waals surface area (Å²) >= 11 is 0. The monoisotopic (exact) mass is 230 g/mol. The number of halogens is 3. The molecule has 0 aliphatic carbocycles. The van der Waals surface area contributed by atoms with Crippen molar-refractivity contribution in [3.8, 4) is 0 Å². The number of hydrogen-bond acceptors (Lipinski definition) is 2. The molecule has 0 radical (unpaired) electrons. The molecule has 5 heteroatoms. The highest BCUT2D eigenvalue weighted by molar-refractivity contribution is 5.28. The lowest BCUT2D eigenvalue weighted by Crippen LogP contribution is -2.64. The first-order chi connectivity index (χ1) is 7.56. The van der Waals surface area contributed by atoms with Crippen molar-refractivity contribution in [3.63, 3.8) is 0 Å².